The number of benzene rings is 1. The van der Waals surface area contributed by atoms with Crippen molar-refractivity contribution in [3.63, 3.8) is 0 Å². The number of hydrogen-bond donors (Lipinski definition) is 2. The van der Waals surface area contributed by atoms with Gasteiger partial charge in [-0.15, -0.1) is 0 Å². The fourth-order valence-electron chi connectivity index (χ4n) is 1.21. The predicted molar refractivity (Wildman–Crippen MR) is 59.6 cm³/mol. The van der Waals surface area contributed by atoms with Gasteiger partial charge in [0.05, 0.1) is 18.7 Å². The average Bonchev–Trinajstić information content (AvgIpc) is 2.23. The highest BCUT2D eigenvalue weighted by molar-refractivity contribution is 5.75. The number of hydrogen-bond acceptors (Lipinski definition) is 3. The summed E-state index contributed by atoms with van der Waals surface area (Å²) in [6, 6.07) is 4.31. The maximum Gasteiger partial charge on any atom is 0.223 e. The number of carbonyl (C=O) groups excluding carboxylic acids is 1. The molecule has 0 aliphatic rings. The molecule has 0 aliphatic heterocycles. The molecule has 5 heteroatoms. The Labute approximate surface area is 93.6 Å². The first-order valence-electron chi connectivity index (χ1n) is 5.08. The molecule has 1 aromatic carbocycles. The van der Waals surface area contributed by atoms with Crippen LogP contribution >= 0.6 is 0 Å². The average molecular weight is 226 g/mol. The van der Waals surface area contributed by atoms with Crippen molar-refractivity contribution >= 4 is 11.6 Å². The molecule has 0 aliphatic carbocycles. The number of rotatable bonds is 5. The molecular weight excluding hydrogens is 211 g/mol. The summed E-state index contributed by atoms with van der Waals surface area (Å²) in [6.07, 6.45) is 0.182. The number of nitrogens with two attached hydrogens (primary N) is 1. The van der Waals surface area contributed by atoms with Gasteiger partial charge in [0, 0.05) is 6.54 Å². The Morgan fingerprint density at radius 3 is 2.94 bits per heavy atom. The second-order valence-electron chi connectivity index (χ2n) is 3.21. The molecule has 1 amide bonds. The molecule has 0 radical (unpaired) electrons. The number of para-hydroxylation sites is 1. The van der Waals surface area contributed by atoms with Crippen LogP contribution in [0.5, 0.6) is 5.75 Å². The largest absolute Gasteiger partial charge is 0.488 e. The van der Waals surface area contributed by atoms with Crippen molar-refractivity contribution in [1.29, 1.82) is 0 Å². The number of nitrogens with one attached hydrogen (secondary N) is 1. The molecule has 0 unspecified atom stereocenters. The van der Waals surface area contributed by atoms with E-state index in [1.165, 1.54) is 12.1 Å². The van der Waals surface area contributed by atoms with E-state index in [9.17, 15) is 9.18 Å². The standard InChI is InChI=1S/C11H15FN2O2/c1-2-14-10(15)6-7-16-11-8(12)4-3-5-9(11)13/h3-5H,2,6-7,13H2,1H3,(H,14,15). The second-order valence-corrected chi connectivity index (χ2v) is 3.21. The van der Waals surface area contributed by atoms with E-state index in [1.807, 2.05) is 6.92 Å². The normalized spacial score (nSPS) is 9.88. The van der Waals surface area contributed by atoms with Crippen molar-refractivity contribution in [2.45, 2.75) is 13.3 Å². The molecule has 0 atom stereocenters. The molecule has 0 spiro atoms. The molecule has 0 saturated heterocycles. The minimum atomic E-state index is -0.518. The molecule has 4 nitrogen and oxygen atoms in total. The van der Waals surface area contributed by atoms with Crippen molar-refractivity contribution in [1.82, 2.24) is 5.32 Å². The summed E-state index contributed by atoms with van der Waals surface area (Å²) in [4.78, 5) is 11.1. The summed E-state index contributed by atoms with van der Waals surface area (Å²) in [6.45, 7) is 2.51. The first kappa shape index (κ1) is 12.3. The van der Waals surface area contributed by atoms with E-state index in [0.29, 0.717) is 6.54 Å². The van der Waals surface area contributed by atoms with Gasteiger partial charge in [-0.3, -0.25) is 4.79 Å². The van der Waals surface area contributed by atoms with Gasteiger partial charge in [-0.25, -0.2) is 4.39 Å². The van der Waals surface area contributed by atoms with Crippen molar-refractivity contribution in [3.05, 3.63) is 24.0 Å². The lowest BCUT2D eigenvalue weighted by Crippen LogP contribution is -2.24. The highest BCUT2D eigenvalue weighted by Gasteiger charge is 2.07. The Morgan fingerprint density at radius 1 is 1.56 bits per heavy atom. The van der Waals surface area contributed by atoms with Crippen LogP contribution in [-0.2, 0) is 4.79 Å². The number of halogens is 1. The summed E-state index contributed by atoms with van der Waals surface area (Å²) >= 11 is 0. The van der Waals surface area contributed by atoms with Gasteiger partial charge in [-0.05, 0) is 19.1 Å². The zero-order valence-electron chi connectivity index (χ0n) is 9.13. The summed E-state index contributed by atoms with van der Waals surface area (Å²) in [7, 11) is 0. The third-order valence-corrected chi connectivity index (χ3v) is 1.95. The summed E-state index contributed by atoms with van der Waals surface area (Å²) < 4.78 is 18.3. The number of ether oxygens (including phenoxy) is 1. The van der Waals surface area contributed by atoms with Gasteiger partial charge in [0.15, 0.2) is 11.6 Å². The van der Waals surface area contributed by atoms with Gasteiger partial charge in [0.25, 0.3) is 0 Å². The van der Waals surface area contributed by atoms with Crippen LogP contribution in [0.2, 0.25) is 0 Å². The van der Waals surface area contributed by atoms with Crippen LogP contribution in [-0.4, -0.2) is 19.1 Å². The van der Waals surface area contributed by atoms with Crippen molar-refractivity contribution in [3.8, 4) is 5.75 Å². The Morgan fingerprint density at radius 2 is 2.31 bits per heavy atom. The monoisotopic (exact) mass is 226 g/mol. The number of amides is 1. The topological polar surface area (TPSA) is 64.3 Å². The lowest BCUT2D eigenvalue weighted by atomic mass is 10.3. The quantitative estimate of drug-likeness (QED) is 0.744. The fraction of sp³-hybridized carbons (Fsp3) is 0.364. The van der Waals surface area contributed by atoms with Crippen LogP contribution in [0, 0.1) is 5.82 Å². The number of anilines is 1. The van der Waals surface area contributed by atoms with Gasteiger partial charge in [0.2, 0.25) is 5.91 Å². The lowest BCUT2D eigenvalue weighted by Gasteiger charge is -2.09. The highest BCUT2D eigenvalue weighted by atomic mass is 19.1. The van der Waals surface area contributed by atoms with Crippen molar-refractivity contribution in [2.24, 2.45) is 0 Å². The van der Waals surface area contributed by atoms with E-state index in [-0.39, 0.29) is 30.4 Å². The molecule has 0 heterocycles. The number of nitrogen functional groups attached to an aromatic ring is 1. The molecule has 0 aromatic heterocycles. The van der Waals surface area contributed by atoms with E-state index in [4.69, 9.17) is 10.5 Å². The third kappa shape index (κ3) is 3.42. The maximum atomic E-state index is 13.2. The molecular formula is C11H15FN2O2. The molecule has 16 heavy (non-hydrogen) atoms. The molecule has 3 N–H and O–H groups in total. The molecule has 88 valence electrons. The van der Waals surface area contributed by atoms with E-state index in [2.05, 4.69) is 5.32 Å². The van der Waals surface area contributed by atoms with Gasteiger partial charge in [-0.1, -0.05) is 6.07 Å². The predicted octanol–water partition coefficient (Wildman–Crippen LogP) is 1.31. The van der Waals surface area contributed by atoms with Crippen LogP contribution in [0.1, 0.15) is 13.3 Å². The van der Waals surface area contributed by atoms with Crippen molar-refractivity contribution in [2.75, 3.05) is 18.9 Å². The Hall–Kier alpha value is -1.78. The summed E-state index contributed by atoms with van der Waals surface area (Å²) in [5.41, 5.74) is 5.76. The van der Waals surface area contributed by atoms with Gasteiger partial charge in [-0.2, -0.15) is 0 Å². The minimum absolute atomic E-state index is 0.00629. The van der Waals surface area contributed by atoms with Crippen LogP contribution in [0.3, 0.4) is 0 Å². The van der Waals surface area contributed by atoms with Crippen LogP contribution in [0.4, 0.5) is 10.1 Å². The Bertz CT molecular complexity index is 349. The van der Waals surface area contributed by atoms with Crippen LogP contribution < -0.4 is 15.8 Å². The zero-order chi connectivity index (χ0) is 12.0. The van der Waals surface area contributed by atoms with E-state index in [0.717, 1.165) is 0 Å². The second kappa shape index (κ2) is 5.95. The van der Waals surface area contributed by atoms with E-state index in [1.54, 1.807) is 6.07 Å². The van der Waals surface area contributed by atoms with Crippen molar-refractivity contribution < 1.29 is 13.9 Å². The summed E-state index contributed by atoms with van der Waals surface area (Å²) in [5, 5.41) is 2.62. The van der Waals surface area contributed by atoms with Gasteiger partial charge in [0.1, 0.15) is 0 Å². The Balaban J connectivity index is 2.46. The Kier molecular flexibility index (Phi) is 4.57. The van der Waals surface area contributed by atoms with Gasteiger partial charge >= 0.3 is 0 Å². The smallest absolute Gasteiger partial charge is 0.223 e. The minimum Gasteiger partial charge on any atom is -0.488 e. The van der Waals surface area contributed by atoms with E-state index >= 15 is 0 Å². The lowest BCUT2D eigenvalue weighted by molar-refractivity contribution is -0.121. The van der Waals surface area contributed by atoms with Crippen LogP contribution in [0.15, 0.2) is 18.2 Å². The van der Waals surface area contributed by atoms with Crippen LogP contribution in [0.25, 0.3) is 0 Å². The first-order valence-corrected chi connectivity index (χ1v) is 5.08. The SMILES string of the molecule is CCNC(=O)CCOc1c(N)cccc1F. The van der Waals surface area contributed by atoms with E-state index < -0.39 is 5.82 Å². The molecule has 1 rings (SSSR count). The third-order valence-electron chi connectivity index (χ3n) is 1.95. The summed E-state index contributed by atoms with van der Waals surface area (Å²) in [5.74, 6) is -0.639. The zero-order valence-corrected chi connectivity index (χ0v) is 9.13. The van der Waals surface area contributed by atoms with Gasteiger partial charge < -0.3 is 15.8 Å². The number of carbonyl (C=O) groups is 1. The highest BCUT2D eigenvalue weighted by Crippen LogP contribution is 2.24. The molecule has 0 saturated carbocycles. The fourth-order valence-corrected chi connectivity index (χ4v) is 1.21. The molecule has 0 fully saturated rings. The first-order chi connectivity index (χ1) is 7.65. The maximum absolute atomic E-state index is 13.2. The molecule has 1 aromatic rings. The molecule has 0 bridgehead atoms.